The number of hydrogen-bond donors (Lipinski definition) is 1. The van der Waals surface area contributed by atoms with Gasteiger partial charge in [0.2, 0.25) is 11.8 Å². The molecule has 0 unspecified atom stereocenters. The average molecular weight is 407 g/mol. The van der Waals surface area contributed by atoms with E-state index in [9.17, 15) is 4.79 Å². The van der Waals surface area contributed by atoms with E-state index in [1.165, 1.54) is 0 Å². The number of carbonyl (C=O) groups is 1. The summed E-state index contributed by atoms with van der Waals surface area (Å²) in [7, 11) is 1.54. The van der Waals surface area contributed by atoms with Crippen molar-refractivity contribution in [3.8, 4) is 5.88 Å². The Morgan fingerprint density at radius 1 is 1.24 bits per heavy atom. The van der Waals surface area contributed by atoms with Crippen LogP contribution in [0.4, 0.5) is 5.69 Å². The number of nitrogens with one attached hydrogen (secondary N) is 1. The van der Waals surface area contributed by atoms with Gasteiger partial charge >= 0.3 is 0 Å². The normalized spacial score (nSPS) is 23.1. The molecule has 2 aromatic rings. The summed E-state index contributed by atoms with van der Waals surface area (Å²) < 4.78 is 17.6. The number of halogens is 1. The van der Waals surface area contributed by atoms with Gasteiger partial charge in [0.15, 0.2) is 6.29 Å². The van der Waals surface area contributed by atoms with Crippen LogP contribution < -0.4 is 10.1 Å². The largest absolute Gasteiger partial charge is 0.481 e. The number of benzene rings is 1. The van der Waals surface area contributed by atoms with E-state index in [1.54, 1.807) is 25.4 Å². The van der Waals surface area contributed by atoms with Gasteiger partial charge in [0.05, 0.1) is 37.6 Å². The lowest BCUT2D eigenvalue weighted by molar-refractivity contribution is -0.226. The zero-order valence-corrected chi connectivity index (χ0v) is 15.6. The van der Waals surface area contributed by atoms with Gasteiger partial charge in [0.25, 0.3) is 0 Å². The fraction of sp³-hybridized carbons (Fsp3) is 0.333. The first-order valence-electron chi connectivity index (χ1n) is 7.80. The molecule has 0 atom stereocenters. The van der Waals surface area contributed by atoms with Crippen LogP contribution in [-0.2, 0) is 14.3 Å². The number of carbonyl (C=O) groups excluding carboxylic acids is 1. The molecule has 1 saturated heterocycles. The van der Waals surface area contributed by atoms with Gasteiger partial charge in [-0.3, -0.25) is 4.79 Å². The molecule has 1 aromatic heterocycles. The minimum atomic E-state index is -0.772. The third-order valence-electron chi connectivity index (χ3n) is 4.00. The Bertz CT molecular complexity index is 726. The molecule has 0 spiro atoms. The lowest BCUT2D eigenvalue weighted by atomic mass is 9.90. The molecular formula is C18H19BrN2O4. The van der Waals surface area contributed by atoms with Crippen molar-refractivity contribution < 1.29 is 19.0 Å². The molecule has 1 N–H and O–H groups in total. The van der Waals surface area contributed by atoms with E-state index in [0.717, 1.165) is 10.0 Å². The molecule has 1 aliphatic rings. The number of rotatable bonds is 4. The summed E-state index contributed by atoms with van der Waals surface area (Å²) in [6, 6.07) is 11.1. The molecule has 0 radical (unpaired) electrons. The SMILES string of the molecule is COc1ccc(NC(=O)C2(C)COC(c3ccc(Br)cc3)OC2)cn1. The van der Waals surface area contributed by atoms with Gasteiger partial charge < -0.3 is 19.5 Å². The smallest absolute Gasteiger partial charge is 0.235 e. The maximum atomic E-state index is 12.6. The van der Waals surface area contributed by atoms with Crippen LogP contribution >= 0.6 is 15.9 Å². The first-order chi connectivity index (χ1) is 12.0. The molecule has 7 heteroatoms. The van der Waals surface area contributed by atoms with Gasteiger partial charge in [0.1, 0.15) is 0 Å². The second-order valence-corrected chi connectivity index (χ2v) is 7.03. The molecule has 1 aromatic carbocycles. The van der Waals surface area contributed by atoms with E-state index in [2.05, 4.69) is 26.2 Å². The molecule has 132 valence electrons. The van der Waals surface area contributed by atoms with Crippen molar-refractivity contribution in [2.75, 3.05) is 25.6 Å². The van der Waals surface area contributed by atoms with Crippen molar-refractivity contribution in [1.29, 1.82) is 0 Å². The van der Waals surface area contributed by atoms with Crippen molar-refractivity contribution in [1.82, 2.24) is 4.98 Å². The predicted octanol–water partition coefficient (Wildman–Crippen LogP) is 3.54. The highest BCUT2D eigenvalue weighted by Crippen LogP contribution is 2.33. The molecule has 0 bridgehead atoms. The van der Waals surface area contributed by atoms with Crippen molar-refractivity contribution >= 4 is 27.5 Å². The number of aromatic nitrogens is 1. The molecule has 25 heavy (non-hydrogen) atoms. The molecule has 0 aliphatic carbocycles. The minimum Gasteiger partial charge on any atom is -0.481 e. The van der Waals surface area contributed by atoms with E-state index in [4.69, 9.17) is 14.2 Å². The fourth-order valence-corrected chi connectivity index (χ4v) is 2.67. The Balaban J connectivity index is 1.60. The van der Waals surface area contributed by atoms with Crippen LogP contribution in [0.1, 0.15) is 18.8 Å². The topological polar surface area (TPSA) is 69.7 Å². The monoisotopic (exact) mass is 406 g/mol. The van der Waals surface area contributed by atoms with Crippen molar-refractivity contribution in [3.63, 3.8) is 0 Å². The molecular weight excluding hydrogens is 388 g/mol. The molecule has 1 fully saturated rings. The second-order valence-electron chi connectivity index (χ2n) is 6.11. The Kier molecular flexibility index (Phi) is 5.36. The summed E-state index contributed by atoms with van der Waals surface area (Å²) in [6.45, 7) is 2.35. The van der Waals surface area contributed by atoms with Gasteiger partial charge in [-0.05, 0) is 25.1 Å². The summed E-state index contributed by atoms with van der Waals surface area (Å²) in [5.41, 5.74) is 0.748. The van der Waals surface area contributed by atoms with E-state index in [1.807, 2.05) is 31.2 Å². The van der Waals surface area contributed by atoms with E-state index in [0.29, 0.717) is 11.6 Å². The van der Waals surface area contributed by atoms with Crippen LogP contribution in [0.3, 0.4) is 0 Å². The predicted molar refractivity (Wildman–Crippen MR) is 96.3 cm³/mol. The second kappa shape index (κ2) is 7.51. The van der Waals surface area contributed by atoms with Gasteiger partial charge in [-0.25, -0.2) is 4.98 Å². The van der Waals surface area contributed by atoms with Crippen molar-refractivity contribution in [2.45, 2.75) is 13.2 Å². The maximum absolute atomic E-state index is 12.6. The highest BCUT2D eigenvalue weighted by molar-refractivity contribution is 9.10. The van der Waals surface area contributed by atoms with Gasteiger partial charge in [-0.15, -0.1) is 0 Å². The summed E-state index contributed by atoms with van der Waals surface area (Å²) in [6.07, 6.45) is 1.09. The zero-order chi connectivity index (χ0) is 17.9. The first kappa shape index (κ1) is 17.8. The van der Waals surface area contributed by atoms with E-state index in [-0.39, 0.29) is 19.1 Å². The molecule has 2 heterocycles. The van der Waals surface area contributed by atoms with Crippen LogP contribution in [0, 0.1) is 5.41 Å². The zero-order valence-electron chi connectivity index (χ0n) is 14.0. The van der Waals surface area contributed by atoms with Crippen molar-refractivity contribution in [3.05, 3.63) is 52.6 Å². The highest BCUT2D eigenvalue weighted by Gasteiger charge is 2.39. The Morgan fingerprint density at radius 3 is 2.48 bits per heavy atom. The van der Waals surface area contributed by atoms with E-state index >= 15 is 0 Å². The molecule has 1 amide bonds. The molecule has 1 aliphatic heterocycles. The number of hydrogen-bond acceptors (Lipinski definition) is 5. The fourth-order valence-electron chi connectivity index (χ4n) is 2.41. The Morgan fingerprint density at radius 2 is 1.92 bits per heavy atom. The number of methoxy groups -OCH3 is 1. The van der Waals surface area contributed by atoms with Crippen LogP contribution in [0.15, 0.2) is 47.1 Å². The van der Waals surface area contributed by atoms with Gasteiger partial charge in [-0.2, -0.15) is 0 Å². The van der Waals surface area contributed by atoms with Crippen LogP contribution in [-0.4, -0.2) is 31.2 Å². The standard InChI is InChI=1S/C18H19BrN2O4/c1-18(17(22)21-14-7-8-15(23-2)20-9-14)10-24-16(25-11-18)12-3-5-13(19)6-4-12/h3-9,16H,10-11H2,1-2H3,(H,21,22). The summed E-state index contributed by atoms with van der Waals surface area (Å²) in [5.74, 6) is 0.319. The molecule has 6 nitrogen and oxygen atoms in total. The number of pyridine rings is 1. The van der Waals surface area contributed by atoms with Crippen LogP contribution in [0.5, 0.6) is 5.88 Å². The van der Waals surface area contributed by atoms with E-state index < -0.39 is 11.7 Å². The molecule has 3 rings (SSSR count). The third kappa shape index (κ3) is 4.18. The Hall–Kier alpha value is -1.96. The third-order valence-corrected chi connectivity index (χ3v) is 4.53. The Labute approximate surface area is 154 Å². The van der Waals surface area contributed by atoms with Crippen molar-refractivity contribution in [2.24, 2.45) is 5.41 Å². The average Bonchev–Trinajstić information content (AvgIpc) is 2.64. The highest BCUT2D eigenvalue weighted by atomic mass is 79.9. The quantitative estimate of drug-likeness (QED) is 0.840. The van der Waals surface area contributed by atoms with Crippen LogP contribution in [0.2, 0.25) is 0 Å². The number of anilines is 1. The first-order valence-corrected chi connectivity index (χ1v) is 8.60. The summed E-state index contributed by atoms with van der Waals surface area (Å²) >= 11 is 3.40. The van der Waals surface area contributed by atoms with Gasteiger partial charge in [-0.1, -0.05) is 28.1 Å². The van der Waals surface area contributed by atoms with Crippen LogP contribution in [0.25, 0.3) is 0 Å². The number of ether oxygens (including phenoxy) is 3. The number of amides is 1. The number of nitrogens with zero attached hydrogens (tertiary/aromatic N) is 1. The lowest BCUT2D eigenvalue weighted by Gasteiger charge is -2.36. The summed E-state index contributed by atoms with van der Waals surface area (Å²) in [5, 5.41) is 2.84. The summed E-state index contributed by atoms with van der Waals surface area (Å²) in [4.78, 5) is 16.7. The maximum Gasteiger partial charge on any atom is 0.235 e. The molecule has 0 saturated carbocycles. The minimum absolute atomic E-state index is 0.172. The lowest BCUT2D eigenvalue weighted by Crippen LogP contribution is -2.45. The van der Waals surface area contributed by atoms with Gasteiger partial charge in [0, 0.05) is 16.1 Å².